The van der Waals surface area contributed by atoms with Crippen LogP contribution in [0.5, 0.6) is 0 Å². The fraction of sp³-hybridized carbons (Fsp3) is 0.600. The Hall–Kier alpha value is -0.930. The molecule has 0 aliphatic carbocycles. The van der Waals surface area contributed by atoms with Gasteiger partial charge in [-0.15, -0.1) is 0 Å². The Bertz CT molecular complexity index is 363. The zero-order valence-electron chi connectivity index (χ0n) is 11.2. The second kappa shape index (κ2) is 6.30. The fourth-order valence-electron chi connectivity index (χ4n) is 2.66. The lowest BCUT2D eigenvalue weighted by Gasteiger charge is -2.32. The Morgan fingerprint density at radius 3 is 2.78 bits per heavy atom. The van der Waals surface area contributed by atoms with Crippen LogP contribution in [-0.4, -0.2) is 25.2 Å². The number of hydrogen-bond donors (Lipinski definition) is 2. The Morgan fingerprint density at radius 2 is 2.11 bits per heavy atom. The van der Waals surface area contributed by atoms with E-state index in [-0.39, 0.29) is 5.82 Å². The summed E-state index contributed by atoms with van der Waals surface area (Å²) in [5.74, 6) is 0.515. The van der Waals surface area contributed by atoms with Crippen molar-refractivity contribution in [3.8, 4) is 0 Å². The first kappa shape index (κ1) is 13.5. The predicted molar refractivity (Wildman–Crippen MR) is 73.1 cm³/mol. The molecular formula is C15H23FN2. The lowest BCUT2D eigenvalue weighted by atomic mass is 9.94. The van der Waals surface area contributed by atoms with Crippen LogP contribution in [0, 0.1) is 11.7 Å². The lowest BCUT2D eigenvalue weighted by molar-refractivity contribution is 0.276. The molecule has 1 heterocycles. The Balaban J connectivity index is 1.84. The van der Waals surface area contributed by atoms with Crippen LogP contribution < -0.4 is 10.6 Å². The summed E-state index contributed by atoms with van der Waals surface area (Å²) in [6.07, 6.45) is 2.14. The molecule has 0 saturated carbocycles. The maximum absolute atomic E-state index is 12.8. The van der Waals surface area contributed by atoms with Crippen molar-refractivity contribution < 1.29 is 4.39 Å². The third-order valence-corrected chi connectivity index (χ3v) is 3.74. The number of nitrogens with one attached hydrogen (secondary N) is 2. The van der Waals surface area contributed by atoms with Gasteiger partial charge in [-0.05, 0) is 56.5 Å². The van der Waals surface area contributed by atoms with Gasteiger partial charge in [0.1, 0.15) is 5.82 Å². The molecule has 1 aliphatic rings. The summed E-state index contributed by atoms with van der Waals surface area (Å²) < 4.78 is 12.8. The standard InChI is InChI=1S/C15H23FN2/c1-11-10-17-8-7-15(11)18-12(2)9-13-3-5-14(16)6-4-13/h3-6,11-12,15,17-18H,7-10H2,1-2H3. The molecule has 2 nitrogen and oxygen atoms in total. The SMILES string of the molecule is CC(Cc1ccc(F)cc1)NC1CCNCC1C. The van der Waals surface area contributed by atoms with Crippen molar-refractivity contribution in [2.75, 3.05) is 13.1 Å². The molecule has 18 heavy (non-hydrogen) atoms. The topological polar surface area (TPSA) is 24.1 Å². The molecule has 1 fully saturated rings. The largest absolute Gasteiger partial charge is 0.316 e. The lowest BCUT2D eigenvalue weighted by Crippen LogP contribution is -2.49. The first-order chi connectivity index (χ1) is 8.65. The number of hydrogen-bond acceptors (Lipinski definition) is 2. The van der Waals surface area contributed by atoms with E-state index < -0.39 is 0 Å². The van der Waals surface area contributed by atoms with Gasteiger partial charge >= 0.3 is 0 Å². The minimum atomic E-state index is -0.161. The van der Waals surface area contributed by atoms with E-state index in [0.29, 0.717) is 18.0 Å². The van der Waals surface area contributed by atoms with Crippen LogP contribution in [0.1, 0.15) is 25.8 Å². The van der Waals surface area contributed by atoms with Gasteiger partial charge < -0.3 is 10.6 Å². The summed E-state index contributed by atoms with van der Waals surface area (Å²) in [5, 5.41) is 7.11. The molecule has 0 aromatic heterocycles. The molecule has 1 aromatic rings. The van der Waals surface area contributed by atoms with Gasteiger partial charge in [-0.3, -0.25) is 0 Å². The highest BCUT2D eigenvalue weighted by Gasteiger charge is 2.22. The summed E-state index contributed by atoms with van der Waals surface area (Å²) in [6.45, 7) is 6.69. The average Bonchev–Trinajstić information content (AvgIpc) is 2.35. The molecule has 3 atom stereocenters. The Morgan fingerprint density at radius 1 is 1.39 bits per heavy atom. The van der Waals surface area contributed by atoms with Crippen molar-refractivity contribution >= 4 is 0 Å². The number of rotatable bonds is 4. The molecule has 100 valence electrons. The zero-order valence-corrected chi connectivity index (χ0v) is 11.2. The van der Waals surface area contributed by atoms with Crippen LogP contribution in [0.4, 0.5) is 4.39 Å². The van der Waals surface area contributed by atoms with Crippen molar-refractivity contribution in [2.24, 2.45) is 5.92 Å². The summed E-state index contributed by atoms with van der Waals surface area (Å²) in [4.78, 5) is 0. The maximum atomic E-state index is 12.8. The highest BCUT2D eigenvalue weighted by Crippen LogP contribution is 2.13. The average molecular weight is 250 g/mol. The Labute approximate surface area is 109 Å². The molecule has 1 saturated heterocycles. The van der Waals surface area contributed by atoms with Crippen LogP contribution in [0.25, 0.3) is 0 Å². The van der Waals surface area contributed by atoms with Crippen molar-refractivity contribution in [2.45, 2.75) is 38.8 Å². The third-order valence-electron chi connectivity index (χ3n) is 3.74. The highest BCUT2D eigenvalue weighted by molar-refractivity contribution is 5.17. The van der Waals surface area contributed by atoms with E-state index in [4.69, 9.17) is 0 Å². The van der Waals surface area contributed by atoms with Gasteiger partial charge in [0, 0.05) is 12.1 Å². The maximum Gasteiger partial charge on any atom is 0.123 e. The monoisotopic (exact) mass is 250 g/mol. The van der Waals surface area contributed by atoms with E-state index in [1.54, 1.807) is 0 Å². The third kappa shape index (κ3) is 3.79. The predicted octanol–water partition coefficient (Wildman–Crippen LogP) is 2.34. The van der Waals surface area contributed by atoms with E-state index >= 15 is 0 Å². The van der Waals surface area contributed by atoms with Crippen molar-refractivity contribution in [3.05, 3.63) is 35.6 Å². The quantitative estimate of drug-likeness (QED) is 0.857. The first-order valence-corrected chi connectivity index (χ1v) is 6.86. The minimum absolute atomic E-state index is 0.161. The molecular weight excluding hydrogens is 227 g/mol. The van der Waals surface area contributed by atoms with Gasteiger partial charge in [0.25, 0.3) is 0 Å². The van der Waals surface area contributed by atoms with E-state index in [0.717, 1.165) is 19.5 Å². The highest BCUT2D eigenvalue weighted by atomic mass is 19.1. The normalized spacial score (nSPS) is 25.9. The molecule has 2 N–H and O–H groups in total. The van der Waals surface area contributed by atoms with Crippen LogP contribution in [0.3, 0.4) is 0 Å². The molecule has 1 aliphatic heterocycles. The Kier molecular flexibility index (Phi) is 4.72. The van der Waals surface area contributed by atoms with Crippen LogP contribution in [0.15, 0.2) is 24.3 Å². The number of piperidine rings is 1. The van der Waals surface area contributed by atoms with Crippen molar-refractivity contribution in [1.82, 2.24) is 10.6 Å². The van der Waals surface area contributed by atoms with Gasteiger partial charge in [-0.1, -0.05) is 19.1 Å². The van der Waals surface area contributed by atoms with Crippen LogP contribution in [-0.2, 0) is 6.42 Å². The molecule has 1 aromatic carbocycles. The summed E-state index contributed by atoms with van der Waals surface area (Å²) in [6, 6.07) is 7.85. The molecule has 0 amide bonds. The van der Waals surface area contributed by atoms with Gasteiger partial charge in [0.05, 0.1) is 0 Å². The van der Waals surface area contributed by atoms with Gasteiger partial charge in [0.15, 0.2) is 0 Å². The second-order valence-electron chi connectivity index (χ2n) is 5.47. The van der Waals surface area contributed by atoms with Gasteiger partial charge in [0.2, 0.25) is 0 Å². The molecule has 3 heteroatoms. The first-order valence-electron chi connectivity index (χ1n) is 6.86. The molecule has 3 unspecified atom stereocenters. The second-order valence-corrected chi connectivity index (χ2v) is 5.47. The van der Waals surface area contributed by atoms with Crippen molar-refractivity contribution in [3.63, 3.8) is 0 Å². The zero-order chi connectivity index (χ0) is 13.0. The number of benzene rings is 1. The summed E-state index contributed by atoms with van der Waals surface area (Å²) in [5.41, 5.74) is 1.19. The molecule has 0 bridgehead atoms. The van der Waals surface area contributed by atoms with Gasteiger partial charge in [-0.25, -0.2) is 4.39 Å². The van der Waals surface area contributed by atoms with Crippen LogP contribution in [0.2, 0.25) is 0 Å². The molecule has 0 spiro atoms. The molecule has 0 radical (unpaired) electrons. The summed E-state index contributed by atoms with van der Waals surface area (Å²) >= 11 is 0. The van der Waals surface area contributed by atoms with Crippen molar-refractivity contribution in [1.29, 1.82) is 0 Å². The molecule has 2 rings (SSSR count). The summed E-state index contributed by atoms with van der Waals surface area (Å²) in [7, 11) is 0. The van der Waals surface area contributed by atoms with E-state index in [2.05, 4.69) is 24.5 Å². The smallest absolute Gasteiger partial charge is 0.123 e. The van der Waals surface area contributed by atoms with Crippen LogP contribution >= 0.6 is 0 Å². The number of halogens is 1. The van der Waals surface area contributed by atoms with Gasteiger partial charge in [-0.2, -0.15) is 0 Å². The fourth-order valence-corrected chi connectivity index (χ4v) is 2.66. The van der Waals surface area contributed by atoms with E-state index in [1.165, 1.54) is 24.1 Å². The van der Waals surface area contributed by atoms with E-state index in [9.17, 15) is 4.39 Å². The minimum Gasteiger partial charge on any atom is -0.316 e. The van der Waals surface area contributed by atoms with E-state index in [1.807, 2.05) is 12.1 Å².